The molecule has 0 heterocycles. The largest absolute Gasteiger partial charge is 0.376 e. The highest BCUT2D eigenvalue weighted by Crippen LogP contribution is 2.35. The average molecular weight is 299 g/mol. The molecule has 110 valence electrons. The third-order valence-corrected chi connectivity index (χ3v) is 4.63. The van der Waals surface area contributed by atoms with Crippen molar-refractivity contribution in [2.75, 3.05) is 5.32 Å². The maximum atomic E-state index is 11.5. The Balaban J connectivity index is 2.45. The molecule has 1 aliphatic rings. The number of nitrogens with one attached hydrogen (secondary N) is 1. The minimum absolute atomic E-state index is 0.115. The molecule has 0 aromatic heterocycles. The van der Waals surface area contributed by atoms with Crippen molar-refractivity contribution in [2.24, 2.45) is 11.1 Å². The molecule has 1 saturated carbocycles. The predicted molar refractivity (Wildman–Crippen MR) is 74.9 cm³/mol. The Kier molecular flexibility index (Phi) is 3.96. The van der Waals surface area contributed by atoms with Crippen molar-refractivity contribution in [3.63, 3.8) is 0 Å². The van der Waals surface area contributed by atoms with Gasteiger partial charge in [0, 0.05) is 6.04 Å². The number of rotatable bonds is 4. The maximum absolute atomic E-state index is 11.5. The van der Waals surface area contributed by atoms with E-state index >= 15 is 0 Å². The van der Waals surface area contributed by atoms with Gasteiger partial charge in [0.2, 0.25) is 10.0 Å². The Hall–Kier alpha value is -1.67. The van der Waals surface area contributed by atoms with E-state index in [1.807, 2.05) is 0 Å². The molecule has 0 bridgehead atoms. The molecule has 8 heteroatoms. The maximum Gasteiger partial charge on any atom is 0.312 e. The molecule has 1 fully saturated rings. The summed E-state index contributed by atoms with van der Waals surface area (Å²) in [6.45, 7) is 2.07. The summed E-state index contributed by atoms with van der Waals surface area (Å²) in [5.74, 6) is 0.396. The number of hydrogen-bond acceptors (Lipinski definition) is 5. The highest BCUT2D eigenvalue weighted by molar-refractivity contribution is 7.89. The zero-order valence-electron chi connectivity index (χ0n) is 11.1. The van der Waals surface area contributed by atoms with Crippen LogP contribution < -0.4 is 10.5 Å². The summed E-state index contributed by atoms with van der Waals surface area (Å²) in [5, 5.41) is 19.3. The number of para-hydroxylation sites is 1. The van der Waals surface area contributed by atoms with Gasteiger partial charge >= 0.3 is 5.69 Å². The molecule has 0 amide bonds. The fourth-order valence-corrected chi connectivity index (χ4v) is 3.34. The molecule has 2 atom stereocenters. The number of hydrogen-bond donors (Lipinski definition) is 2. The minimum atomic E-state index is -4.13. The SMILES string of the molecule is C[C@@H]1CCC[C@H]1Nc1cccc(S(N)(=O)=O)c1[N+](=O)[O-]. The smallest absolute Gasteiger partial charge is 0.312 e. The summed E-state index contributed by atoms with van der Waals surface area (Å²) in [6.07, 6.45) is 3.03. The average Bonchev–Trinajstić information content (AvgIpc) is 2.73. The predicted octanol–water partition coefficient (Wildman–Crippen LogP) is 1.84. The quantitative estimate of drug-likeness (QED) is 0.650. The van der Waals surface area contributed by atoms with Gasteiger partial charge in [-0.1, -0.05) is 19.4 Å². The number of primary sulfonamides is 1. The summed E-state index contributed by atoms with van der Waals surface area (Å²) in [5.41, 5.74) is -0.269. The van der Waals surface area contributed by atoms with Crippen molar-refractivity contribution in [2.45, 2.75) is 37.1 Å². The van der Waals surface area contributed by atoms with Gasteiger partial charge in [-0.2, -0.15) is 0 Å². The normalized spacial score (nSPS) is 22.7. The lowest BCUT2D eigenvalue weighted by molar-refractivity contribution is -0.386. The van der Waals surface area contributed by atoms with Crippen LogP contribution in [0, 0.1) is 16.0 Å². The fourth-order valence-electron chi connectivity index (χ4n) is 2.62. The first-order valence-corrected chi connectivity index (χ1v) is 7.92. The lowest BCUT2D eigenvalue weighted by Crippen LogP contribution is -2.23. The minimum Gasteiger partial charge on any atom is -0.376 e. The van der Waals surface area contributed by atoms with Gasteiger partial charge in [-0.15, -0.1) is 0 Å². The summed E-state index contributed by atoms with van der Waals surface area (Å²) >= 11 is 0. The molecule has 0 spiro atoms. The second-order valence-electron chi connectivity index (χ2n) is 5.11. The van der Waals surface area contributed by atoms with Gasteiger partial charge in [0.1, 0.15) is 5.69 Å². The van der Waals surface area contributed by atoms with Gasteiger partial charge in [-0.05, 0) is 30.9 Å². The van der Waals surface area contributed by atoms with Crippen LogP contribution in [-0.4, -0.2) is 19.4 Å². The molecule has 7 nitrogen and oxygen atoms in total. The van der Waals surface area contributed by atoms with Crippen LogP contribution in [0.25, 0.3) is 0 Å². The van der Waals surface area contributed by atoms with Crippen molar-refractivity contribution in [3.8, 4) is 0 Å². The van der Waals surface area contributed by atoms with E-state index in [-0.39, 0.29) is 11.7 Å². The third kappa shape index (κ3) is 2.91. The summed E-state index contributed by atoms with van der Waals surface area (Å²) in [6, 6.07) is 4.23. The second-order valence-corrected chi connectivity index (χ2v) is 6.64. The molecular formula is C12H17N3O4S. The standard InChI is InChI=1S/C12H17N3O4S/c1-8-4-2-5-9(8)14-10-6-3-7-11(20(13,18)19)12(10)15(16)17/h3,6-9,14H,2,4-5H2,1H3,(H2,13,18,19)/t8-,9-/m1/s1. The van der Waals surface area contributed by atoms with Crippen LogP contribution >= 0.6 is 0 Å². The first kappa shape index (κ1) is 14.7. The van der Waals surface area contributed by atoms with Gasteiger partial charge < -0.3 is 5.32 Å². The molecule has 20 heavy (non-hydrogen) atoms. The molecule has 1 aliphatic carbocycles. The van der Waals surface area contributed by atoms with Gasteiger partial charge in [0.15, 0.2) is 4.90 Å². The highest BCUT2D eigenvalue weighted by Gasteiger charge is 2.30. The molecule has 0 aliphatic heterocycles. The Morgan fingerprint density at radius 3 is 2.60 bits per heavy atom. The van der Waals surface area contributed by atoms with E-state index in [2.05, 4.69) is 12.2 Å². The van der Waals surface area contributed by atoms with Crippen LogP contribution in [0.15, 0.2) is 23.1 Å². The highest BCUT2D eigenvalue weighted by atomic mass is 32.2. The van der Waals surface area contributed by atoms with E-state index in [4.69, 9.17) is 5.14 Å². The van der Waals surface area contributed by atoms with Gasteiger partial charge in [0.05, 0.1) is 4.92 Å². The number of nitrogens with two attached hydrogens (primary N) is 1. The van der Waals surface area contributed by atoms with Crippen molar-refractivity contribution >= 4 is 21.4 Å². The van der Waals surface area contributed by atoms with Gasteiger partial charge in [-0.3, -0.25) is 10.1 Å². The zero-order valence-corrected chi connectivity index (χ0v) is 11.9. The van der Waals surface area contributed by atoms with Crippen molar-refractivity contribution in [1.82, 2.24) is 0 Å². The van der Waals surface area contributed by atoms with E-state index < -0.39 is 25.5 Å². The lowest BCUT2D eigenvalue weighted by atomic mass is 10.1. The van der Waals surface area contributed by atoms with E-state index in [9.17, 15) is 18.5 Å². The van der Waals surface area contributed by atoms with Gasteiger partial charge in [-0.25, -0.2) is 13.6 Å². The monoisotopic (exact) mass is 299 g/mol. The Morgan fingerprint density at radius 1 is 1.40 bits per heavy atom. The van der Waals surface area contributed by atoms with Crippen LogP contribution in [-0.2, 0) is 10.0 Å². The molecule has 1 aromatic rings. The zero-order chi connectivity index (χ0) is 14.9. The molecule has 0 saturated heterocycles. The van der Waals surface area contributed by atoms with Crippen LogP contribution in [0.3, 0.4) is 0 Å². The molecular weight excluding hydrogens is 282 g/mol. The molecule has 2 rings (SSSR count). The molecule has 0 unspecified atom stereocenters. The van der Waals surface area contributed by atoms with E-state index in [1.165, 1.54) is 12.1 Å². The molecule has 1 aromatic carbocycles. The van der Waals surface area contributed by atoms with Crippen molar-refractivity contribution in [3.05, 3.63) is 28.3 Å². The Bertz CT molecular complexity index is 630. The molecule has 3 N–H and O–H groups in total. The number of anilines is 1. The van der Waals surface area contributed by atoms with Crippen molar-refractivity contribution < 1.29 is 13.3 Å². The van der Waals surface area contributed by atoms with E-state index in [1.54, 1.807) is 0 Å². The topological polar surface area (TPSA) is 115 Å². The van der Waals surface area contributed by atoms with Crippen LogP contribution in [0.4, 0.5) is 11.4 Å². The van der Waals surface area contributed by atoms with E-state index in [0.29, 0.717) is 5.92 Å². The first-order valence-electron chi connectivity index (χ1n) is 6.37. The number of nitrogens with zero attached hydrogens (tertiary/aromatic N) is 1. The van der Waals surface area contributed by atoms with Gasteiger partial charge in [0.25, 0.3) is 0 Å². The fraction of sp³-hybridized carbons (Fsp3) is 0.500. The number of benzene rings is 1. The summed E-state index contributed by atoms with van der Waals surface area (Å²) in [4.78, 5) is 10.0. The van der Waals surface area contributed by atoms with Crippen LogP contribution in [0.5, 0.6) is 0 Å². The lowest BCUT2D eigenvalue weighted by Gasteiger charge is -2.19. The first-order chi connectivity index (χ1) is 9.30. The van der Waals surface area contributed by atoms with E-state index in [0.717, 1.165) is 25.3 Å². The number of nitro groups is 1. The third-order valence-electron chi connectivity index (χ3n) is 3.69. The summed E-state index contributed by atoms with van der Waals surface area (Å²) in [7, 11) is -4.13. The second kappa shape index (κ2) is 5.37. The summed E-state index contributed by atoms with van der Waals surface area (Å²) < 4.78 is 22.9. The molecule has 0 radical (unpaired) electrons. The number of sulfonamides is 1. The van der Waals surface area contributed by atoms with Crippen LogP contribution in [0.2, 0.25) is 0 Å². The Labute approximate surface area is 117 Å². The van der Waals surface area contributed by atoms with Crippen LogP contribution in [0.1, 0.15) is 26.2 Å². The number of nitro benzene ring substituents is 1. The Morgan fingerprint density at radius 2 is 2.10 bits per heavy atom. The van der Waals surface area contributed by atoms with Crippen molar-refractivity contribution in [1.29, 1.82) is 0 Å².